The molecule has 0 aliphatic heterocycles. The smallest absolute Gasteiger partial charge is 0.332 e. The standard InChI is InChI=1S/C7H6F8O/c1-4(9,10)2-16-6(13)3(8)5(11,12)7(6,14)15/h3H,2H2,1H3. The molecule has 2 atom stereocenters. The van der Waals surface area contributed by atoms with Crippen LogP contribution in [-0.2, 0) is 4.74 Å². The van der Waals surface area contributed by atoms with E-state index in [2.05, 4.69) is 4.74 Å². The molecule has 0 radical (unpaired) electrons. The lowest BCUT2D eigenvalue weighted by Gasteiger charge is -2.50. The van der Waals surface area contributed by atoms with E-state index in [1.165, 1.54) is 0 Å². The number of rotatable bonds is 3. The van der Waals surface area contributed by atoms with E-state index in [4.69, 9.17) is 0 Å². The maximum absolute atomic E-state index is 12.9. The van der Waals surface area contributed by atoms with Crippen molar-refractivity contribution >= 4 is 0 Å². The van der Waals surface area contributed by atoms with Gasteiger partial charge in [0.05, 0.1) is 0 Å². The van der Waals surface area contributed by atoms with Crippen LogP contribution < -0.4 is 0 Å². The zero-order valence-electron chi connectivity index (χ0n) is 7.72. The minimum atomic E-state index is -5.47. The Morgan fingerprint density at radius 3 is 1.88 bits per heavy atom. The van der Waals surface area contributed by atoms with E-state index in [0.717, 1.165) is 0 Å². The molecule has 9 heteroatoms. The number of alkyl halides is 8. The normalized spacial score (nSPS) is 36.9. The van der Waals surface area contributed by atoms with Gasteiger partial charge in [0.1, 0.15) is 6.61 Å². The van der Waals surface area contributed by atoms with Gasteiger partial charge >= 0.3 is 17.7 Å². The summed E-state index contributed by atoms with van der Waals surface area (Å²) >= 11 is 0. The van der Waals surface area contributed by atoms with Gasteiger partial charge in [0, 0.05) is 6.92 Å². The fourth-order valence-electron chi connectivity index (χ4n) is 1.10. The van der Waals surface area contributed by atoms with Crippen molar-refractivity contribution in [3.8, 4) is 0 Å². The molecule has 0 aromatic rings. The number of ether oxygens (including phenoxy) is 1. The van der Waals surface area contributed by atoms with Crippen LogP contribution in [0.2, 0.25) is 0 Å². The molecule has 1 rings (SSSR count). The Labute approximate surface area is 84.4 Å². The van der Waals surface area contributed by atoms with Crippen LogP contribution in [-0.4, -0.2) is 36.4 Å². The molecule has 0 aromatic heterocycles. The molecule has 0 heterocycles. The number of halogens is 8. The highest BCUT2D eigenvalue weighted by Crippen LogP contribution is 2.62. The van der Waals surface area contributed by atoms with Crippen molar-refractivity contribution < 1.29 is 39.9 Å². The molecule has 1 fully saturated rings. The van der Waals surface area contributed by atoms with Crippen molar-refractivity contribution in [3.05, 3.63) is 0 Å². The predicted molar refractivity (Wildman–Crippen MR) is 35.2 cm³/mol. The molecule has 0 N–H and O–H groups in total. The largest absolute Gasteiger partial charge is 0.373 e. The number of hydrogen-bond donors (Lipinski definition) is 0. The lowest BCUT2D eigenvalue weighted by molar-refractivity contribution is -0.468. The van der Waals surface area contributed by atoms with Crippen molar-refractivity contribution in [2.45, 2.75) is 36.7 Å². The summed E-state index contributed by atoms with van der Waals surface area (Å²) in [5.41, 5.74) is 0. The fourth-order valence-corrected chi connectivity index (χ4v) is 1.10. The second-order valence-electron chi connectivity index (χ2n) is 3.56. The summed E-state index contributed by atoms with van der Waals surface area (Å²) < 4.78 is 102. The lowest BCUT2D eigenvalue weighted by Crippen LogP contribution is -2.79. The van der Waals surface area contributed by atoms with Gasteiger partial charge in [0.15, 0.2) is 0 Å². The first-order valence-corrected chi connectivity index (χ1v) is 3.96. The van der Waals surface area contributed by atoms with Gasteiger partial charge in [-0.2, -0.15) is 17.6 Å². The van der Waals surface area contributed by atoms with Crippen LogP contribution in [0.25, 0.3) is 0 Å². The van der Waals surface area contributed by atoms with Crippen LogP contribution in [0, 0.1) is 0 Å². The van der Waals surface area contributed by atoms with Crippen LogP contribution in [0.1, 0.15) is 6.92 Å². The van der Waals surface area contributed by atoms with E-state index in [0.29, 0.717) is 0 Å². The molecule has 0 amide bonds. The van der Waals surface area contributed by atoms with E-state index in [-0.39, 0.29) is 6.92 Å². The molecule has 0 spiro atoms. The summed E-state index contributed by atoms with van der Waals surface area (Å²) in [4.78, 5) is 0. The Morgan fingerprint density at radius 2 is 1.56 bits per heavy atom. The van der Waals surface area contributed by atoms with Gasteiger partial charge in [-0.05, 0) is 0 Å². The Balaban J connectivity index is 2.80. The zero-order chi connectivity index (χ0) is 13.0. The molecular weight excluding hydrogens is 252 g/mol. The Hall–Kier alpha value is -0.600. The SMILES string of the molecule is CC(F)(F)COC1(F)C(F)C(F)(F)C1(F)F. The molecule has 1 aliphatic rings. The summed E-state index contributed by atoms with van der Waals surface area (Å²) in [7, 11) is 0. The minimum Gasteiger partial charge on any atom is -0.332 e. The summed E-state index contributed by atoms with van der Waals surface area (Å²) in [6.07, 6.45) is -3.97. The van der Waals surface area contributed by atoms with Crippen LogP contribution >= 0.6 is 0 Å². The molecular formula is C7H6F8O. The topological polar surface area (TPSA) is 9.23 Å². The van der Waals surface area contributed by atoms with Crippen molar-refractivity contribution in [1.82, 2.24) is 0 Å². The van der Waals surface area contributed by atoms with Gasteiger partial charge in [-0.15, -0.1) is 0 Å². The average molecular weight is 258 g/mol. The number of hydrogen-bond acceptors (Lipinski definition) is 1. The molecule has 0 bridgehead atoms. The molecule has 1 nitrogen and oxygen atoms in total. The van der Waals surface area contributed by atoms with Gasteiger partial charge < -0.3 is 4.74 Å². The lowest BCUT2D eigenvalue weighted by atomic mass is 9.80. The third-order valence-corrected chi connectivity index (χ3v) is 2.03. The average Bonchev–Trinajstić information content (AvgIpc) is 2.10. The van der Waals surface area contributed by atoms with Crippen LogP contribution in [0.5, 0.6) is 0 Å². The molecule has 96 valence electrons. The van der Waals surface area contributed by atoms with E-state index >= 15 is 0 Å². The van der Waals surface area contributed by atoms with Crippen molar-refractivity contribution in [2.75, 3.05) is 6.61 Å². The second kappa shape index (κ2) is 3.21. The van der Waals surface area contributed by atoms with Crippen LogP contribution in [0.3, 0.4) is 0 Å². The second-order valence-corrected chi connectivity index (χ2v) is 3.56. The monoisotopic (exact) mass is 258 g/mol. The van der Waals surface area contributed by atoms with Gasteiger partial charge in [-0.3, -0.25) is 0 Å². The highest BCUT2D eigenvalue weighted by atomic mass is 19.3. The van der Waals surface area contributed by atoms with Crippen molar-refractivity contribution in [2.24, 2.45) is 0 Å². The first-order valence-electron chi connectivity index (χ1n) is 3.96. The van der Waals surface area contributed by atoms with E-state index in [9.17, 15) is 35.1 Å². The maximum atomic E-state index is 12.9. The van der Waals surface area contributed by atoms with E-state index < -0.39 is 36.4 Å². The highest BCUT2D eigenvalue weighted by molar-refractivity contribution is 5.18. The molecule has 1 saturated carbocycles. The Kier molecular flexibility index (Phi) is 2.70. The molecule has 0 aromatic carbocycles. The third-order valence-electron chi connectivity index (χ3n) is 2.03. The van der Waals surface area contributed by atoms with Gasteiger partial charge in [0.25, 0.3) is 5.92 Å². The fraction of sp³-hybridized carbons (Fsp3) is 1.00. The molecule has 1 aliphatic carbocycles. The summed E-state index contributed by atoms with van der Waals surface area (Å²) in [6, 6.07) is 0. The molecule has 16 heavy (non-hydrogen) atoms. The Bertz CT molecular complexity index is 285. The van der Waals surface area contributed by atoms with E-state index in [1.807, 2.05) is 0 Å². The zero-order valence-corrected chi connectivity index (χ0v) is 7.72. The maximum Gasteiger partial charge on any atom is 0.373 e. The van der Waals surface area contributed by atoms with Crippen molar-refractivity contribution in [3.63, 3.8) is 0 Å². The van der Waals surface area contributed by atoms with Gasteiger partial charge in [0.2, 0.25) is 6.17 Å². The highest BCUT2D eigenvalue weighted by Gasteiger charge is 2.91. The first kappa shape index (κ1) is 13.5. The first-order chi connectivity index (χ1) is 6.86. The molecule has 0 saturated heterocycles. The molecule has 2 unspecified atom stereocenters. The van der Waals surface area contributed by atoms with Gasteiger partial charge in [-0.25, -0.2) is 17.6 Å². The van der Waals surface area contributed by atoms with Crippen LogP contribution in [0.15, 0.2) is 0 Å². The predicted octanol–water partition coefficient (Wildman–Crippen LogP) is 2.95. The minimum absolute atomic E-state index is 0.179. The summed E-state index contributed by atoms with van der Waals surface area (Å²) in [5.74, 6) is -19.2. The van der Waals surface area contributed by atoms with Gasteiger partial charge in [-0.1, -0.05) is 0 Å². The van der Waals surface area contributed by atoms with E-state index in [1.54, 1.807) is 0 Å². The third kappa shape index (κ3) is 1.56. The van der Waals surface area contributed by atoms with Crippen molar-refractivity contribution in [1.29, 1.82) is 0 Å². The summed E-state index contributed by atoms with van der Waals surface area (Å²) in [5, 5.41) is 0. The Morgan fingerprint density at radius 1 is 1.12 bits per heavy atom. The van der Waals surface area contributed by atoms with Crippen LogP contribution in [0.4, 0.5) is 35.1 Å². The quantitative estimate of drug-likeness (QED) is 0.707. The summed E-state index contributed by atoms with van der Waals surface area (Å²) in [6.45, 7) is -1.74.